The topological polar surface area (TPSA) is 50.1 Å². The fraction of sp³-hybridized carbons (Fsp3) is 0.438. The monoisotopic (exact) mass is 271 g/mol. The average Bonchev–Trinajstić information content (AvgIpc) is 2.88. The molecule has 1 aromatic carbocycles. The summed E-state index contributed by atoms with van der Waals surface area (Å²) in [6, 6.07) is 10.0. The minimum atomic E-state index is 0.106. The molecule has 1 aliphatic rings. The van der Waals surface area contributed by atoms with Gasteiger partial charge in [-0.25, -0.2) is 0 Å². The molecule has 1 aromatic heterocycles. The van der Waals surface area contributed by atoms with Crippen LogP contribution in [0.2, 0.25) is 0 Å². The van der Waals surface area contributed by atoms with Crippen molar-refractivity contribution < 1.29 is 5.11 Å². The van der Waals surface area contributed by atoms with Crippen molar-refractivity contribution in [3.63, 3.8) is 0 Å². The Kier molecular flexibility index (Phi) is 4.02. The van der Waals surface area contributed by atoms with E-state index in [-0.39, 0.29) is 5.88 Å². The first-order valence-corrected chi connectivity index (χ1v) is 7.35. The van der Waals surface area contributed by atoms with E-state index >= 15 is 0 Å². The van der Waals surface area contributed by atoms with Gasteiger partial charge in [0, 0.05) is 12.1 Å². The number of rotatable bonds is 4. The van der Waals surface area contributed by atoms with Gasteiger partial charge in [0.25, 0.3) is 0 Å². The van der Waals surface area contributed by atoms with Gasteiger partial charge in [-0.3, -0.25) is 0 Å². The number of nitrogens with one attached hydrogen (secondary N) is 1. The second kappa shape index (κ2) is 6.09. The lowest BCUT2D eigenvalue weighted by molar-refractivity contribution is 0.338. The summed E-state index contributed by atoms with van der Waals surface area (Å²) in [6.07, 6.45) is 5.39. The van der Waals surface area contributed by atoms with Crippen molar-refractivity contribution in [2.24, 2.45) is 5.92 Å². The van der Waals surface area contributed by atoms with Crippen LogP contribution < -0.4 is 5.32 Å². The zero-order chi connectivity index (χ0) is 13.8. The van der Waals surface area contributed by atoms with Crippen LogP contribution >= 0.6 is 0 Å². The van der Waals surface area contributed by atoms with Crippen LogP contribution in [-0.4, -0.2) is 27.7 Å². The lowest BCUT2D eigenvalue weighted by Gasteiger charge is -2.22. The number of hydrogen-bond acceptors (Lipinski definition) is 3. The quantitative estimate of drug-likeness (QED) is 0.899. The molecule has 0 saturated carbocycles. The van der Waals surface area contributed by atoms with Crippen LogP contribution in [0.5, 0.6) is 5.88 Å². The van der Waals surface area contributed by atoms with Crippen LogP contribution in [0.15, 0.2) is 36.5 Å². The third-order valence-corrected chi connectivity index (χ3v) is 4.03. The SMILES string of the molecule is Oc1cn(CCC2CCNCC2)c(-c2ccccc2)n1. The van der Waals surface area contributed by atoms with Crippen LogP contribution in [0.4, 0.5) is 0 Å². The summed E-state index contributed by atoms with van der Waals surface area (Å²) in [7, 11) is 0. The summed E-state index contributed by atoms with van der Waals surface area (Å²) in [5.74, 6) is 1.75. The van der Waals surface area contributed by atoms with Gasteiger partial charge in [-0.1, -0.05) is 30.3 Å². The van der Waals surface area contributed by atoms with Gasteiger partial charge in [-0.05, 0) is 38.3 Å². The van der Waals surface area contributed by atoms with Crippen molar-refractivity contribution in [1.82, 2.24) is 14.9 Å². The highest BCUT2D eigenvalue weighted by Crippen LogP contribution is 2.24. The molecule has 3 rings (SSSR count). The van der Waals surface area contributed by atoms with Crippen molar-refractivity contribution in [1.29, 1.82) is 0 Å². The molecule has 2 heterocycles. The lowest BCUT2D eigenvalue weighted by atomic mass is 9.95. The minimum Gasteiger partial charge on any atom is -0.492 e. The average molecular weight is 271 g/mol. The lowest BCUT2D eigenvalue weighted by Crippen LogP contribution is -2.28. The number of aryl methyl sites for hydroxylation is 1. The van der Waals surface area contributed by atoms with Gasteiger partial charge < -0.3 is 15.0 Å². The molecule has 1 saturated heterocycles. The van der Waals surface area contributed by atoms with Gasteiger partial charge in [0.15, 0.2) is 0 Å². The summed E-state index contributed by atoms with van der Waals surface area (Å²) >= 11 is 0. The Hall–Kier alpha value is -1.81. The molecule has 20 heavy (non-hydrogen) atoms. The van der Waals surface area contributed by atoms with Gasteiger partial charge in [-0.2, -0.15) is 4.98 Å². The van der Waals surface area contributed by atoms with E-state index in [1.807, 2.05) is 30.3 Å². The van der Waals surface area contributed by atoms with Crippen molar-refractivity contribution in [3.8, 4) is 17.3 Å². The third kappa shape index (κ3) is 3.02. The number of hydrogen-bond donors (Lipinski definition) is 2. The minimum absolute atomic E-state index is 0.106. The predicted octanol–water partition coefficient (Wildman–Crippen LogP) is 2.65. The first-order valence-electron chi connectivity index (χ1n) is 7.35. The molecule has 0 atom stereocenters. The number of imidazole rings is 1. The van der Waals surface area contributed by atoms with E-state index in [0.717, 1.165) is 43.4 Å². The molecule has 0 spiro atoms. The summed E-state index contributed by atoms with van der Waals surface area (Å²) in [4.78, 5) is 4.25. The van der Waals surface area contributed by atoms with Crippen LogP contribution in [0.25, 0.3) is 11.4 Å². The van der Waals surface area contributed by atoms with E-state index in [9.17, 15) is 5.11 Å². The van der Waals surface area contributed by atoms with Crippen molar-refractivity contribution >= 4 is 0 Å². The van der Waals surface area contributed by atoms with Gasteiger partial charge in [-0.15, -0.1) is 0 Å². The first-order chi connectivity index (χ1) is 9.83. The molecule has 1 fully saturated rings. The van der Waals surface area contributed by atoms with Gasteiger partial charge >= 0.3 is 0 Å². The molecule has 4 heteroatoms. The molecule has 0 radical (unpaired) electrons. The molecular weight excluding hydrogens is 250 g/mol. The fourth-order valence-electron chi connectivity index (χ4n) is 2.88. The Bertz CT molecular complexity index is 544. The number of piperidine rings is 1. The Balaban J connectivity index is 1.73. The van der Waals surface area contributed by atoms with Crippen LogP contribution in [0.1, 0.15) is 19.3 Å². The Morgan fingerprint density at radius 2 is 1.95 bits per heavy atom. The highest BCUT2D eigenvalue weighted by atomic mass is 16.3. The van der Waals surface area contributed by atoms with Gasteiger partial charge in [0.2, 0.25) is 5.88 Å². The summed E-state index contributed by atoms with van der Waals surface area (Å²) in [5, 5.41) is 13.1. The molecule has 1 aliphatic heterocycles. The Labute approximate surface area is 119 Å². The second-order valence-electron chi connectivity index (χ2n) is 5.46. The fourth-order valence-corrected chi connectivity index (χ4v) is 2.88. The molecule has 0 bridgehead atoms. The zero-order valence-corrected chi connectivity index (χ0v) is 11.6. The predicted molar refractivity (Wildman–Crippen MR) is 79.5 cm³/mol. The maximum Gasteiger partial charge on any atom is 0.229 e. The van der Waals surface area contributed by atoms with Crippen LogP contribution in [-0.2, 0) is 6.54 Å². The van der Waals surface area contributed by atoms with E-state index in [2.05, 4.69) is 14.9 Å². The maximum absolute atomic E-state index is 9.69. The van der Waals surface area contributed by atoms with Gasteiger partial charge in [0.05, 0.1) is 6.20 Å². The molecule has 0 unspecified atom stereocenters. The summed E-state index contributed by atoms with van der Waals surface area (Å²) < 4.78 is 2.08. The second-order valence-corrected chi connectivity index (χ2v) is 5.46. The van der Waals surface area contributed by atoms with E-state index in [1.165, 1.54) is 12.8 Å². The Morgan fingerprint density at radius 1 is 1.20 bits per heavy atom. The summed E-state index contributed by atoms with van der Waals surface area (Å²) in [6.45, 7) is 3.18. The maximum atomic E-state index is 9.69. The molecule has 2 aromatic rings. The number of nitrogens with zero attached hydrogens (tertiary/aromatic N) is 2. The van der Waals surface area contributed by atoms with Gasteiger partial charge in [0.1, 0.15) is 5.82 Å². The third-order valence-electron chi connectivity index (χ3n) is 4.03. The highest BCUT2D eigenvalue weighted by Gasteiger charge is 2.15. The molecule has 2 N–H and O–H groups in total. The van der Waals surface area contributed by atoms with E-state index < -0.39 is 0 Å². The number of aromatic hydroxyl groups is 1. The van der Waals surface area contributed by atoms with Crippen LogP contribution in [0, 0.1) is 5.92 Å². The van der Waals surface area contributed by atoms with Crippen LogP contribution in [0.3, 0.4) is 0 Å². The first kappa shape index (κ1) is 13.2. The Morgan fingerprint density at radius 3 is 2.70 bits per heavy atom. The van der Waals surface area contributed by atoms with E-state index in [1.54, 1.807) is 6.20 Å². The molecule has 0 aliphatic carbocycles. The normalized spacial score (nSPS) is 16.4. The highest BCUT2D eigenvalue weighted by molar-refractivity contribution is 5.56. The molecule has 4 nitrogen and oxygen atoms in total. The molecule has 0 amide bonds. The smallest absolute Gasteiger partial charge is 0.229 e. The van der Waals surface area contributed by atoms with Crippen molar-refractivity contribution in [3.05, 3.63) is 36.5 Å². The van der Waals surface area contributed by atoms with E-state index in [4.69, 9.17) is 0 Å². The number of benzene rings is 1. The molecule has 106 valence electrons. The van der Waals surface area contributed by atoms with Crippen molar-refractivity contribution in [2.75, 3.05) is 13.1 Å². The zero-order valence-electron chi connectivity index (χ0n) is 11.6. The molecular formula is C16H21N3O. The summed E-state index contributed by atoms with van der Waals surface area (Å²) in [5.41, 5.74) is 1.05. The standard InChI is InChI=1S/C16H21N3O/c20-15-12-19(11-8-13-6-9-17-10-7-13)16(18-15)14-4-2-1-3-5-14/h1-5,12-13,17,20H,6-11H2. The largest absolute Gasteiger partial charge is 0.492 e. The number of aromatic nitrogens is 2. The van der Waals surface area contributed by atoms with Crippen molar-refractivity contribution in [2.45, 2.75) is 25.8 Å². The van der Waals surface area contributed by atoms with E-state index in [0.29, 0.717) is 0 Å².